The Morgan fingerprint density at radius 2 is 2.10 bits per heavy atom. The summed E-state index contributed by atoms with van der Waals surface area (Å²) in [5.74, 6) is 0.737. The van der Waals surface area contributed by atoms with E-state index in [0.29, 0.717) is 6.54 Å². The van der Waals surface area contributed by atoms with Crippen molar-refractivity contribution >= 4 is 22.6 Å². The molecule has 1 aromatic heterocycles. The van der Waals surface area contributed by atoms with Crippen molar-refractivity contribution in [2.24, 2.45) is 5.73 Å². The zero-order chi connectivity index (χ0) is 15.4. The highest BCUT2D eigenvalue weighted by Gasteiger charge is 2.13. The molecule has 2 aromatic rings. The Hall–Kier alpha value is -2.14. The van der Waals surface area contributed by atoms with E-state index in [1.54, 1.807) is 0 Å². The average molecular weight is 286 g/mol. The van der Waals surface area contributed by atoms with Crippen LogP contribution in [-0.2, 0) is 11.3 Å². The van der Waals surface area contributed by atoms with Crippen LogP contribution in [0.2, 0.25) is 0 Å². The van der Waals surface area contributed by atoms with Crippen LogP contribution >= 0.6 is 0 Å². The largest absolute Gasteiger partial charge is 0.352 e. The Morgan fingerprint density at radius 3 is 2.76 bits per heavy atom. The van der Waals surface area contributed by atoms with Crippen molar-refractivity contribution in [2.45, 2.75) is 26.4 Å². The number of carbonyl (C=O) groups excluding carboxylic acids is 1. The second kappa shape index (κ2) is 6.54. The molecule has 1 heterocycles. The number of hydrogen-bond donors (Lipinski definition) is 2. The molecular weight excluding hydrogens is 264 g/mol. The lowest BCUT2D eigenvalue weighted by Gasteiger charge is -2.21. The average Bonchev–Trinajstić information content (AvgIpc) is 2.44. The van der Waals surface area contributed by atoms with Crippen LogP contribution < -0.4 is 16.0 Å². The van der Waals surface area contributed by atoms with Crippen molar-refractivity contribution < 1.29 is 4.79 Å². The number of nitrogens with zero attached hydrogens (tertiary/aromatic N) is 2. The summed E-state index contributed by atoms with van der Waals surface area (Å²) < 4.78 is 0. The summed E-state index contributed by atoms with van der Waals surface area (Å²) in [4.78, 5) is 18.4. The van der Waals surface area contributed by atoms with Crippen LogP contribution in [0.1, 0.15) is 19.4 Å². The quantitative estimate of drug-likeness (QED) is 0.877. The molecule has 2 rings (SSSR count). The van der Waals surface area contributed by atoms with Gasteiger partial charge >= 0.3 is 0 Å². The molecule has 5 nitrogen and oxygen atoms in total. The van der Waals surface area contributed by atoms with Gasteiger partial charge in [0.15, 0.2) is 0 Å². The van der Waals surface area contributed by atoms with E-state index in [-0.39, 0.29) is 18.5 Å². The molecule has 0 aliphatic rings. The fourth-order valence-electron chi connectivity index (χ4n) is 2.29. The Bertz CT molecular complexity index is 639. The minimum atomic E-state index is -0.0227. The van der Waals surface area contributed by atoms with Crippen LogP contribution in [0.5, 0.6) is 0 Å². The van der Waals surface area contributed by atoms with Gasteiger partial charge in [0.25, 0.3) is 0 Å². The number of pyridine rings is 1. The highest BCUT2D eigenvalue weighted by atomic mass is 16.2. The molecule has 0 saturated heterocycles. The van der Waals surface area contributed by atoms with E-state index in [0.717, 1.165) is 22.3 Å². The highest BCUT2D eigenvalue weighted by molar-refractivity contribution is 5.84. The molecule has 0 fully saturated rings. The molecular formula is C16H22N4O. The monoisotopic (exact) mass is 286 g/mol. The Kier molecular flexibility index (Phi) is 4.75. The highest BCUT2D eigenvalue weighted by Crippen LogP contribution is 2.22. The Balaban J connectivity index is 2.29. The smallest absolute Gasteiger partial charge is 0.239 e. The topological polar surface area (TPSA) is 71.2 Å². The number of anilines is 1. The van der Waals surface area contributed by atoms with E-state index in [1.807, 2.05) is 56.1 Å². The van der Waals surface area contributed by atoms with Gasteiger partial charge in [-0.05, 0) is 26.0 Å². The third-order valence-electron chi connectivity index (χ3n) is 3.19. The van der Waals surface area contributed by atoms with Gasteiger partial charge in [-0.15, -0.1) is 0 Å². The maximum Gasteiger partial charge on any atom is 0.239 e. The molecule has 0 atom stereocenters. The Morgan fingerprint density at radius 1 is 1.38 bits per heavy atom. The number of fused-ring (bicyclic) bond motifs is 1. The molecule has 0 radical (unpaired) electrons. The third-order valence-corrected chi connectivity index (χ3v) is 3.19. The number of nitrogens with two attached hydrogens (primary N) is 1. The van der Waals surface area contributed by atoms with Crippen molar-refractivity contribution in [1.29, 1.82) is 0 Å². The van der Waals surface area contributed by atoms with Crippen molar-refractivity contribution in [2.75, 3.05) is 18.5 Å². The van der Waals surface area contributed by atoms with Crippen LogP contribution in [-0.4, -0.2) is 30.5 Å². The molecule has 0 aliphatic heterocycles. The van der Waals surface area contributed by atoms with Crippen molar-refractivity contribution in [3.05, 3.63) is 35.9 Å². The predicted octanol–water partition coefficient (Wildman–Crippen LogP) is 1.65. The zero-order valence-corrected chi connectivity index (χ0v) is 12.8. The van der Waals surface area contributed by atoms with Crippen LogP contribution in [0.3, 0.4) is 0 Å². The second-order valence-electron chi connectivity index (χ2n) is 5.45. The fourth-order valence-corrected chi connectivity index (χ4v) is 2.29. The number of amides is 1. The summed E-state index contributed by atoms with van der Waals surface area (Å²) in [6, 6.07) is 10.1. The van der Waals surface area contributed by atoms with Crippen LogP contribution in [0, 0.1) is 0 Å². The summed E-state index contributed by atoms with van der Waals surface area (Å²) in [6.07, 6.45) is 0. The predicted molar refractivity (Wildman–Crippen MR) is 86.2 cm³/mol. The van der Waals surface area contributed by atoms with Gasteiger partial charge in [-0.25, -0.2) is 4.98 Å². The molecule has 0 unspecified atom stereocenters. The fraction of sp³-hybridized carbons (Fsp3) is 0.375. The Labute approximate surface area is 125 Å². The van der Waals surface area contributed by atoms with E-state index in [4.69, 9.17) is 5.73 Å². The number of para-hydroxylation sites is 1. The molecule has 21 heavy (non-hydrogen) atoms. The van der Waals surface area contributed by atoms with Gasteiger partial charge in [0.05, 0.1) is 12.1 Å². The van der Waals surface area contributed by atoms with E-state index in [9.17, 15) is 4.79 Å². The van der Waals surface area contributed by atoms with Crippen molar-refractivity contribution in [3.8, 4) is 0 Å². The van der Waals surface area contributed by atoms with Crippen LogP contribution in [0.25, 0.3) is 10.9 Å². The summed E-state index contributed by atoms with van der Waals surface area (Å²) in [5, 5.41) is 3.94. The first-order chi connectivity index (χ1) is 10.0. The number of rotatable bonds is 5. The van der Waals surface area contributed by atoms with Gasteiger partial charge in [0, 0.05) is 30.6 Å². The summed E-state index contributed by atoms with van der Waals surface area (Å²) >= 11 is 0. The molecule has 112 valence electrons. The zero-order valence-electron chi connectivity index (χ0n) is 12.8. The lowest BCUT2D eigenvalue weighted by molar-refractivity contribution is -0.120. The van der Waals surface area contributed by atoms with Gasteiger partial charge in [-0.2, -0.15) is 0 Å². The number of carbonyl (C=O) groups is 1. The molecule has 5 heteroatoms. The first kappa shape index (κ1) is 15.3. The molecule has 1 amide bonds. The minimum absolute atomic E-state index is 0.0227. The van der Waals surface area contributed by atoms with Gasteiger partial charge in [0.2, 0.25) is 5.91 Å². The second-order valence-corrected chi connectivity index (χ2v) is 5.45. The van der Waals surface area contributed by atoms with Gasteiger partial charge in [-0.3, -0.25) is 4.79 Å². The first-order valence-corrected chi connectivity index (χ1v) is 7.10. The number of benzene rings is 1. The van der Waals surface area contributed by atoms with Crippen molar-refractivity contribution in [1.82, 2.24) is 10.3 Å². The standard InChI is InChI=1S/C16H22N4O/c1-11(2)18-15(21)10-20(3)16-13(9-17)8-12-6-4-5-7-14(12)19-16/h4-8,11H,9-10,17H2,1-3H3,(H,18,21). The lowest BCUT2D eigenvalue weighted by atomic mass is 10.1. The molecule has 0 saturated carbocycles. The van der Waals surface area contributed by atoms with Crippen molar-refractivity contribution in [3.63, 3.8) is 0 Å². The lowest BCUT2D eigenvalue weighted by Crippen LogP contribution is -2.39. The van der Waals surface area contributed by atoms with Crippen LogP contribution in [0.15, 0.2) is 30.3 Å². The number of likely N-dealkylation sites (N-methyl/N-ethyl adjacent to an activating group) is 1. The van der Waals surface area contributed by atoms with E-state index in [2.05, 4.69) is 10.3 Å². The van der Waals surface area contributed by atoms with E-state index >= 15 is 0 Å². The number of nitrogens with one attached hydrogen (secondary N) is 1. The first-order valence-electron chi connectivity index (χ1n) is 7.10. The minimum Gasteiger partial charge on any atom is -0.352 e. The SMILES string of the molecule is CC(C)NC(=O)CN(C)c1nc2ccccc2cc1CN. The van der Waals surface area contributed by atoms with Gasteiger partial charge in [-0.1, -0.05) is 18.2 Å². The number of aromatic nitrogens is 1. The summed E-state index contributed by atoms with van der Waals surface area (Å²) in [7, 11) is 1.86. The third kappa shape index (κ3) is 3.70. The molecule has 1 aromatic carbocycles. The number of hydrogen-bond acceptors (Lipinski definition) is 4. The maximum atomic E-state index is 11.9. The molecule has 0 bridgehead atoms. The van der Waals surface area contributed by atoms with E-state index in [1.165, 1.54) is 0 Å². The summed E-state index contributed by atoms with van der Waals surface area (Å²) in [5.41, 5.74) is 7.67. The van der Waals surface area contributed by atoms with Gasteiger partial charge < -0.3 is 16.0 Å². The maximum absolute atomic E-state index is 11.9. The normalized spacial score (nSPS) is 10.9. The van der Waals surface area contributed by atoms with Gasteiger partial charge in [0.1, 0.15) is 5.82 Å². The van der Waals surface area contributed by atoms with Crippen LogP contribution in [0.4, 0.5) is 5.82 Å². The molecule has 0 aliphatic carbocycles. The summed E-state index contributed by atoms with van der Waals surface area (Å²) in [6.45, 7) is 4.54. The van der Waals surface area contributed by atoms with E-state index < -0.39 is 0 Å². The molecule has 3 N–H and O–H groups in total. The molecule has 0 spiro atoms.